The molecule has 0 aliphatic heterocycles. The summed E-state index contributed by atoms with van der Waals surface area (Å²) in [5, 5.41) is 23.0. The smallest absolute Gasteiger partial charge is 0.480 e. The van der Waals surface area contributed by atoms with Crippen molar-refractivity contribution in [2.24, 2.45) is 0 Å². The van der Waals surface area contributed by atoms with Crippen molar-refractivity contribution in [3.63, 3.8) is 0 Å². The molecule has 3 rings (SSSR count). The second-order valence-corrected chi connectivity index (χ2v) is 9.13. The molecule has 0 fully saturated rings. The van der Waals surface area contributed by atoms with Crippen LogP contribution >= 0.6 is 23.7 Å². The molecule has 0 saturated carbocycles. The van der Waals surface area contributed by atoms with Crippen molar-refractivity contribution >= 4 is 35.3 Å². The fourth-order valence-corrected chi connectivity index (χ4v) is 4.49. The number of nitro groups is 1. The third kappa shape index (κ3) is 6.65. The average Bonchev–Trinajstić information content (AvgIpc) is 2.76. The first-order chi connectivity index (χ1) is 15.2. The summed E-state index contributed by atoms with van der Waals surface area (Å²) in [6, 6.07) is 18.8. The number of nitrogens with zero attached hydrogens (tertiary/aromatic N) is 1. The highest BCUT2D eigenvalue weighted by Crippen LogP contribution is 2.46. The minimum Gasteiger partial charge on any atom is -0.480 e. The van der Waals surface area contributed by atoms with Gasteiger partial charge < -0.3 is 14.2 Å². The monoisotopic (exact) mass is 520 g/mol. The lowest BCUT2D eigenvalue weighted by atomic mass is 10.1. The van der Waals surface area contributed by atoms with Crippen LogP contribution in [0.3, 0.4) is 0 Å². The van der Waals surface area contributed by atoms with E-state index in [9.17, 15) is 24.6 Å². The summed E-state index contributed by atoms with van der Waals surface area (Å²) in [6.45, 7) is 0. The Labute approximate surface area is 191 Å². The lowest BCUT2D eigenvalue weighted by molar-refractivity contribution is -0.384. The number of hydrogen-bond acceptors (Lipinski definition) is 6. The fourth-order valence-electron chi connectivity index (χ4n) is 2.70. The van der Waals surface area contributed by atoms with Crippen molar-refractivity contribution in [1.82, 2.24) is 5.09 Å². The van der Waals surface area contributed by atoms with Crippen LogP contribution in [-0.2, 0) is 15.8 Å². The molecule has 1 unspecified atom stereocenters. The minimum atomic E-state index is -4.28. The quantitative estimate of drug-likeness (QED) is 0.212. The van der Waals surface area contributed by atoms with Crippen LogP contribution in [0, 0.1) is 10.1 Å². The van der Waals surface area contributed by atoms with Crippen LogP contribution in [0.2, 0.25) is 0 Å². The van der Waals surface area contributed by atoms with E-state index >= 15 is 0 Å². The number of non-ortho nitro benzene ring substituents is 1. The van der Waals surface area contributed by atoms with E-state index in [1.165, 1.54) is 36.4 Å². The summed E-state index contributed by atoms with van der Waals surface area (Å²) >= 11 is 3.29. The highest BCUT2D eigenvalue weighted by molar-refractivity contribution is 9.10. The van der Waals surface area contributed by atoms with Crippen LogP contribution in [0.4, 0.5) is 5.69 Å². The standard InChI is InChI=1S/C21H18BrN2O7P/c22-16-6-10-18(11-7-16)30-32(29,31-19-12-8-17(9-13-19)24(27)28)23-20(21(25)26)14-15-4-2-1-3-5-15/h1-13,20H,14H2,(H,23,29)(H,25,26)/t20-,32?/m0/s1. The molecule has 0 radical (unpaired) electrons. The SMILES string of the molecule is O=C(O)[C@H](Cc1ccccc1)NP(=O)(Oc1ccc(Br)cc1)Oc1ccc([N+](=O)[O-])cc1. The first-order valence-electron chi connectivity index (χ1n) is 9.28. The molecule has 2 atom stereocenters. The van der Waals surface area contributed by atoms with Gasteiger partial charge in [-0.2, -0.15) is 5.09 Å². The Bertz CT molecular complexity index is 1130. The number of nitrogens with one attached hydrogen (secondary N) is 1. The summed E-state index contributed by atoms with van der Waals surface area (Å²) in [4.78, 5) is 22.2. The molecule has 0 spiro atoms. The van der Waals surface area contributed by atoms with E-state index in [4.69, 9.17) is 9.05 Å². The molecular weight excluding hydrogens is 503 g/mol. The first kappa shape index (κ1) is 23.5. The van der Waals surface area contributed by atoms with E-state index in [-0.39, 0.29) is 23.6 Å². The number of carbonyl (C=O) groups is 1. The van der Waals surface area contributed by atoms with Gasteiger partial charge >= 0.3 is 13.7 Å². The average molecular weight is 521 g/mol. The molecule has 3 aromatic carbocycles. The number of benzene rings is 3. The Hall–Kier alpha value is -3.20. The second-order valence-electron chi connectivity index (χ2n) is 6.59. The van der Waals surface area contributed by atoms with Crippen LogP contribution in [-0.4, -0.2) is 22.0 Å². The number of rotatable bonds is 10. The van der Waals surface area contributed by atoms with Crippen molar-refractivity contribution in [1.29, 1.82) is 0 Å². The van der Waals surface area contributed by atoms with Gasteiger partial charge in [0, 0.05) is 16.6 Å². The van der Waals surface area contributed by atoms with Crippen LogP contribution in [0.15, 0.2) is 83.3 Å². The second kappa shape index (κ2) is 10.4. The largest absolute Gasteiger partial charge is 0.513 e. The fraction of sp³-hybridized carbons (Fsp3) is 0.0952. The Morgan fingerprint density at radius 1 is 1.00 bits per heavy atom. The number of halogens is 1. The third-order valence-corrected chi connectivity index (χ3v) is 6.27. The topological polar surface area (TPSA) is 128 Å². The van der Waals surface area contributed by atoms with Gasteiger partial charge in [-0.25, -0.2) is 4.57 Å². The maximum atomic E-state index is 13.6. The highest BCUT2D eigenvalue weighted by atomic mass is 79.9. The number of nitro benzene ring substituents is 1. The Morgan fingerprint density at radius 2 is 1.53 bits per heavy atom. The zero-order valence-electron chi connectivity index (χ0n) is 16.5. The summed E-state index contributed by atoms with van der Waals surface area (Å²) in [5.74, 6) is -1.07. The van der Waals surface area contributed by atoms with E-state index in [1.54, 1.807) is 42.5 Å². The van der Waals surface area contributed by atoms with Gasteiger partial charge in [0.05, 0.1) is 4.92 Å². The van der Waals surface area contributed by atoms with E-state index < -0.39 is 24.7 Å². The summed E-state index contributed by atoms with van der Waals surface area (Å²) < 4.78 is 25.4. The molecule has 2 N–H and O–H groups in total. The molecule has 0 bridgehead atoms. The van der Waals surface area contributed by atoms with E-state index in [0.717, 1.165) is 4.47 Å². The first-order valence-corrected chi connectivity index (χ1v) is 11.6. The Morgan fingerprint density at radius 3 is 2.03 bits per heavy atom. The van der Waals surface area contributed by atoms with Crippen LogP contribution < -0.4 is 14.1 Å². The predicted octanol–water partition coefficient (Wildman–Crippen LogP) is 5.21. The lowest BCUT2D eigenvalue weighted by Crippen LogP contribution is -2.38. The molecule has 166 valence electrons. The molecule has 0 amide bonds. The van der Waals surface area contributed by atoms with Crippen molar-refractivity contribution < 1.29 is 28.4 Å². The van der Waals surface area contributed by atoms with E-state index in [1.807, 2.05) is 0 Å². The summed E-state index contributed by atoms with van der Waals surface area (Å²) in [5.41, 5.74) is 0.527. The minimum absolute atomic E-state index is 0.00685. The summed E-state index contributed by atoms with van der Waals surface area (Å²) in [6.07, 6.45) is 0.0213. The molecule has 3 aromatic rings. The van der Waals surface area contributed by atoms with Gasteiger partial charge in [-0.05, 0) is 48.4 Å². The maximum absolute atomic E-state index is 13.6. The van der Waals surface area contributed by atoms with Crippen molar-refractivity contribution in [2.45, 2.75) is 12.5 Å². The number of carboxylic acid groups (broad SMARTS) is 1. The van der Waals surface area contributed by atoms with Gasteiger partial charge in [0.1, 0.15) is 17.5 Å². The molecule has 0 aliphatic carbocycles. The third-order valence-electron chi connectivity index (χ3n) is 4.21. The molecule has 0 aliphatic rings. The normalized spacial score (nSPS) is 13.5. The van der Waals surface area contributed by atoms with Crippen molar-refractivity contribution in [3.8, 4) is 11.5 Å². The van der Waals surface area contributed by atoms with E-state index in [0.29, 0.717) is 5.56 Å². The molecule has 0 heterocycles. The number of aliphatic carboxylic acids is 1. The predicted molar refractivity (Wildman–Crippen MR) is 121 cm³/mol. The van der Waals surface area contributed by atoms with Crippen LogP contribution in [0.1, 0.15) is 5.56 Å². The number of hydrogen-bond donors (Lipinski definition) is 2. The number of carboxylic acids is 1. The van der Waals surface area contributed by atoms with Gasteiger partial charge in [0.15, 0.2) is 0 Å². The Balaban J connectivity index is 1.88. The molecule has 9 nitrogen and oxygen atoms in total. The van der Waals surface area contributed by atoms with Crippen LogP contribution in [0.5, 0.6) is 11.5 Å². The van der Waals surface area contributed by atoms with Crippen molar-refractivity contribution in [2.75, 3.05) is 0 Å². The zero-order valence-corrected chi connectivity index (χ0v) is 18.9. The van der Waals surface area contributed by atoms with Crippen molar-refractivity contribution in [3.05, 3.63) is 99.0 Å². The Kier molecular flexibility index (Phi) is 7.63. The van der Waals surface area contributed by atoms with Crippen LogP contribution in [0.25, 0.3) is 0 Å². The van der Waals surface area contributed by atoms with Gasteiger partial charge in [0.25, 0.3) is 5.69 Å². The molecule has 32 heavy (non-hydrogen) atoms. The molecule has 0 aromatic heterocycles. The molecule has 11 heteroatoms. The maximum Gasteiger partial charge on any atom is 0.513 e. The summed E-state index contributed by atoms with van der Waals surface area (Å²) in [7, 11) is -4.28. The highest BCUT2D eigenvalue weighted by Gasteiger charge is 2.35. The van der Waals surface area contributed by atoms with Gasteiger partial charge in [-0.15, -0.1) is 0 Å². The van der Waals surface area contributed by atoms with Gasteiger partial charge in [0.2, 0.25) is 0 Å². The molecule has 0 saturated heterocycles. The van der Waals surface area contributed by atoms with Gasteiger partial charge in [-0.1, -0.05) is 46.3 Å². The van der Waals surface area contributed by atoms with E-state index in [2.05, 4.69) is 21.0 Å². The lowest BCUT2D eigenvalue weighted by Gasteiger charge is -2.24. The molecular formula is C21H18BrN2O7P. The zero-order chi connectivity index (χ0) is 23.1. The van der Waals surface area contributed by atoms with Gasteiger partial charge in [-0.3, -0.25) is 14.9 Å².